The highest BCUT2D eigenvalue weighted by Gasteiger charge is 2.19. The second-order valence-corrected chi connectivity index (χ2v) is 5.12. The van der Waals surface area contributed by atoms with Gasteiger partial charge in [0.1, 0.15) is 0 Å². The molecule has 0 aliphatic carbocycles. The number of ether oxygens (including phenoxy) is 2. The molecule has 0 unspecified atom stereocenters. The van der Waals surface area contributed by atoms with Gasteiger partial charge in [0.15, 0.2) is 0 Å². The van der Waals surface area contributed by atoms with Crippen molar-refractivity contribution in [3.05, 3.63) is 41.0 Å². The van der Waals surface area contributed by atoms with Crippen molar-refractivity contribution in [2.45, 2.75) is 53.2 Å². The molecule has 1 aromatic carbocycles. The molecule has 0 amide bonds. The van der Waals surface area contributed by atoms with Gasteiger partial charge in [0.25, 0.3) is 6.29 Å². The monoisotopic (exact) mass is 304 g/mol. The highest BCUT2D eigenvalue weighted by Crippen LogP contribution is 2.19. The van der Waals surface area contributed by atoms with E-state index in [0.29, 0.717) is 6.42 Å². The van der Waals surface area contributed by atoms with Gasteiger partial charge in [-0.25, -0.2) is 0 Å². The predicted octanol–water partition coefficient (Wildman–Crippen LogP) is 3.88. The standard InChI is InChI=1S/C18H24O4/c1-5-8-15-9-7-10-16(11-15)12-17(6-2)18(21-13(3)19)22-14(4)20/h7,9-12,18H,5-6,8H2,1-4H3/b17-12+. The lowest BCUT2D eigenvalue weighted by atomic mass is 10.0. The van der Waals surface area contributed by atoms with Crippen molar-refractivity contribution in [1.82, 2.24) is 0 Å². The van der Waals surface area contributed by atoms with Gasteiger partial charge in [-0.15, -0.1) is 0 Å². The molecule has 0 heterocycles. The fourth-order valence-corrected chi connectivity index (χ4v) is 2.15. The lowest BCUT2D eigenvalue weighted by molar-refractivity contribution is -0.178. The number of benzene rings is 1. The Morgan fingerprint density at radius 2 is 1.77 bits per heavy atom. The Morgan fingerprint density at radius 1 is 1.14 bits per heavy atom. The van der Waals surface area contributed by atoms with Crippen molar-refractivity contribution in [2.75, 3.05) is 0 Å². The van der Waals surface area contributed by atoms with Gasteiger partial charge in [0.05, 0.1) is 0 Å². The second kappa shape index (κ2) is 9.03. The number of esters is 2. The first-order valence-corrected chi connectivity index (χ1v) is 7.60. The van der Waals surface area contributed by atoms with Crippen LogP contribution >= 0.6 is 0 Å². The summed E-state index contributed by atoms with van der Waals surface area (Å²) in [5.41, 5.74) is 3.01. The van der Waals surface area contributed by atoms with Gasteiger partial charge in [0.2, 0.25) is 0 Å². The van der Waals surface area contributed by atoms with Crippen LogP contribution in [0.25, 0.3) is 6.08 Å². The van der Waals surface area contributed by atoms with Crippen LogP contribution in [0.15, 0.2) is 29.8 Å². The van der Waals surface area contributed by atoms with Crippen molar-refractivity contribution in [3.8, 4) is 0 Å². The quantitative estimate of drug-likeness (QED) is 0.566. The summed E-state index contributed by atoms with van der Waals surface area (Å²) in [6, 6.07) is 8.16. The fraction of sp³-hybridized carbons (Fsp3) is 0.444. The Balaban J connectivity index is 3.05. The molecule has 1 rings (SSSR count). The molecule has 0 N–H and O–H groups in total. The van der Waals surface area contributed by atoms with Crippen molar-refractivity contribution >= 4 is 18.0 Å². The van der Waals surface area contributed by atoms with E-state index in [1.54, 1.807) is 0 Å². The van der Waals surface area contributed by atoms with Gasteiger partial charge in [-0.1, -0.05) is 44.5 Å². The molecule has 0 aromatic heterocycles. The molecule has 1 aromatic rings. The highest BCUT2D eigenvalue weighted by atomic mass is 16.7. The van der Waals surface area contributed by atoms with E-state index in [0.717, 1.165) is 24.0 Å². The summed E-state index contributed by atoms with van der Waals surface area (Å²) in [6.45, 7) is 6.66. The van der Waals surface area contributed by atoms with Crippen molar-refractivity contribution in [2.24, 2.45) is 0 Å². The molecule has 0 fully saturated rings. The van der Waals surface area contributed by atoms with Crippen molar-refractivity contribution in [1.29, 1.82) is 0 Å². The fourth-order valence-electron chi connectivity index (χ4n) is 2.15. The number of carbonyl (C=O) groups is 2. The summed E-state index contributed by atoms with van der Waals surface area (Å²) in [7, 11) is 0. The van der Waals surface area contributed by atoms with Crippen molar-refractivity contribution in [3.63, 3.8) is 0 Å². The van der Waals surface area contributed by atoms with Gasteiger partial charge in [-0.3, -0.25) is 9.59 Å². The Morgan fingerprint density at radius 3 is 2.27 bits per heavy atom. The summed E-state index contributed by atoms with van der Waals surface area (Å²) in [5, 5.41) is 0. The Kier molecular flexibility index (Phi) is 7.37. The van der Waals surface area contributed by atoms with E-state index in [1.807, 2.05) is 25.1 Å². The van der Waals surface area contributed by atoms with Crippen LogP contribution in [0.5, 0.6) is 0 Å². The van der Waals surface area contributed by atoms with Crippen LogP contribution in [-0.2, 0) is 25.5 Å². The average molecular weight is 304 g/mol. The predicted molar refractivity (Wildman–Crippen MR) is 86.0 cm³/mol. The third-order valence-electron chi connectivity index (χ3n) is 3.10. The molecule has 4 heteroatoms. The Hall–Kier alpha value is -2.10. The minimum atomic E-state index is -0.963. The zero-order valence-electron chi connectivity index (χ0n) is 13.7. The largest absolute Gasteiger partial charge is 0.421 e. The molecule has 0 bridgehead atoms. The smallest absolute Gasteiger partial charge is 0.305 e. The maximum atomic E-state index is 11.2. The van der Waals surface area contributed by atoms with Gasteiger partial charge in [0, 0.05) is 19.4 Å². The third kappa shape index (κ3) is 6.12. The third-order valence-corrected chi connectivity index (χ3v) is 3.10. The first-order chi connectivity index (χ1) is 10.5. The summed E-state index contributed by atoms with van der Waals surface area (Å²) in [5.74, 6) is -0.962. The Bertz CT molecular complexity index is 530. The van der Waals surface area contributed by atoms with E-state index < -0.39 is 18.2 Å². The van der Waals surface area contributed by atoms with Crippen molar-refractivity contribution < 1.29 is 19.1 Å². The molecule has 0 saturated heterocycles. The van der Waals surface area contributed by atoms with Crippen LogP contribution in [0.1, 0.15) is 51.7 Å². The van der Waals surface area contributed by atoms with Gasteiger partial charge >= 0.3 is 11.9 Å². The van der Waals surface area contributed by atoms with Crippen LogP contribution in [0.4, 0.5) is 0 Å². The molecular weight excluding hydrogens is 280 g/mol. The zero-order chi connectivity index (χ0) is 16.5. The summed E-state index contributed by atoms with van der Waals surface area (Å²) in [6.07, 6.45) is 3.66. The van der Waals surface area contributed by atoms with E-state index in [4.69, 9.17) is 9.47 Å². The van der Waals surface area contributed by atoms with Gasteiger partial charge in [-0.2, -0.15) is 0 Å². The minimum absolute atomic E-state index is 0.481. The molecule has 0 atom stereocenters. The topological polar surface area (TPSA) is 52.6 Å². The van der Waals surface area contributed by atoms with E-state index in [1.165, 1.54) is 19.4 Å². The molecule has 0 spiro atoms. The van der Waals surface area contributed by atoms with Crippen LogP contribution in [-0.4, -0.2) is 18.2 Å². The molecular formula is C18H24O4. The van der Waals surface area contributed by atoms with Gasteiger partial charge < -0.3 is 9.47 Å². The van der Waals surface area contributed by atoms with Gasteiger partial charge in [-0.05, 0) is 30.0 Å². The van der Waals surface area contributed by atoms with Crippen LogP contribution in [0, 0.1) is 0 Å². The maximum Gasteiger partial charge on any atom is 0.305 e. The molecule has 0 saturated carbocycles. The number of hydrogen-bond donors (Lipinski definition) is 0. The number of hydrogen-bond acceptors (Lipinski definition) is 4. The highest BCUT2D eigenvalue weighted by molar-refractivity contribution is 5.69. The molecule has 22 heavy (non-hydrogen) atoms. The summed E-state index contributed by atoms with van der Waals surface area (Å²) >= 11 is 0. The zero-order valence-corrected chi connectivity index (χ0v) is 13.7. The van der Waals surface area contributed by atoms with Crippen LogP contribution < -0.4 is 0 Å². The molecule has 0 radical (unpaired) electrons. The van der Waals surface area contributed by atoms with E-state index in [2.05, 4.69) is 19.1 Å². The number of carbonyl (C=O) groups excluding carboxylic acids is 2. The summed E-state index contributed by atoms with van der Waals surface area (Å²) < 4.78 is 10.2. The first kappa shape index (κ1) is 18.0. The van der Waals surface area contributed by atoms with Crippen LogP contribution in [0.3, 0.4) is 0 Å². The lowest BCUT2D eigenvalue weighted by Crippen LogP contribution is -2.24. The minimum Gasteiger partial charge on any atom is -0.421 e. The number of aryl methyl sites for hydroxylation is 1. The molecule has 0 aliphatic heterocycles. The maximum absolute atomic E-state index is 11.2. The van der Waals surface area contributed by atoms with E-state index in [-0.39, 0.29) is 0 Å². The normalized spacial score (nSPS) is 11.4. The molecule has 0 aliphatic rings. The molecule has 120 valence electrons. The lowest BCUT2D eigenvalue weighted by Gasteiger charge is -2.19. The van der Waals surface area contributed by atoms with Crippen LogP contribution in [0.2, 0.25) is 0 Å². The number of rotatable bonds is 7. The SMILES string of the molecule is CCCc1cccc(/C=C(\CC)C(OC(C)=O)OC(C)=O)c1. The van der Waals surface area contributed by atoms with E-state index >= 15 is 0 Å². The molecule has 4 nitrogen and oxygen atoms in total. The first-order valence-electron chi connectivity index (χ1n) is 7.60. The Labute approximate surface area is 132 Å². The summed E-state index contributed by atoms with van der Waals surface area (Å²) in [4.78, 5) is 22.4. The second-order valence-electron chi connectivity index (χ2n) is 5.12. The van der Waals surface area contributed by atoms with E-state index in [9.17, 15) is 9.59 Å². The average Bonchev–Trinajstić information content (AvgIpc) is 2.44.